The fourth-order valence-electron chi connectivity index (χ4n) is 4.60. The van der Waals surface area contributed by atoms with Gasteiger partial charge >= 0.3 is 0 Å². The van der Waals surface area contributed by atoms with Gasteiger partial charge in [0.1, 0.15) is 5.82 Å². The Morgan fingerprint density at radius 1 is 1.08 bits per heavy atom. The summed E-state index contributed by atoms with van der Waals surface area (Å²) in [5.74, 6) is -2.84. The predicted molar refractivity (Wildman–Crippen MR) is 84.3 cm³/mol. The number of aliphatic hydroxyl groups excluding tert-OH is 2. The Kier molecular flexibility index (Phi) is 4.66. The summed E-state index contributed by atoms with van der Waals surface area (Å²) in [6.07, 6.45) is 0.910. The number of rotatable bonds is 7. The van der Waals surface area contributed by atoms with Crippen molar-refractivity contribution in [1.29, 1.82) is 0 Å². The molecule has 3 N–H and O–H groups in total. The Morgan fingerprint density at radius 2 is 1.71 bits per heavy atom. The molecule has 3 rings (SSSR count). The zero-order valence-corrected chi connectivity index (χ0v) is 13.6. The lowest BCUT2D eigenvalue weighted by atomic mass is 9.44. The van der Waals surface area contributed by atoms with Gasteiger partial charge in [0.05, 0.1) is 6.10 Å². The van der Waals surface area contributed by atoms with Crippen LogP contribution in [0.2, 0.25) is 0 Å². The third kappa shape index (κ3) is 3.76. The van der Waals surface area contributed by atoms with Crippen LogP contribution in [-0.2, 0) is 6.42 Å². The van der Waals surface area contributed by atoms with E-state index in [1.54, 1.807) is 12.1 Å². The van der Waals surface area contributed by atoms with Crippen LogP contribution in [0.4, 0.5) is 13.2 Å². The second-order valence-corrected chi connectivity index (χ2v) is 7.84. The van der Waals surface area contributed by atoms with E-state index < -0.39 is 12.0 Å². The Balaban J connectivity index is 1.40. The zero-order valence-electron chi connectivity index (χ0n) is 13.6. The van der Waals surface area contributed by atoms with E-state index in [0.717, 1.165) is 5.56 Å². The van der Waals surface area contributed by atoms with Crippen molar-refractivity contribution in [2.45, 2.75) is 44.1 Å². The summed E-state index contributed by atoms with van der Waals surface area (Å²) < 4.78 is 39.0. The zero-order chi connectivity index (χ0) is 17.4. The number of halogens is 3. The standard InChI is InChI=1S/C18H24F3NO2/c19-14-3-1-13(2-4-14)5-15(24)6-22-11-17(12-23)7-16(8-17)9-18(20,21)10-16/h1-4,15,22-24H,5-12H2. The van der Waals surface area contributed by atoms with E-state index in [4.69, 9.17) is 0 Å². The van der Waals surface area contributed by atoms with Crippen molar-refractivity contribution < 1.29 is 23.4 Å². The van der Waals surface area contributed by atoms with Crippen molar-refractivity contribution in [2.75, 3.05) is 19.7 Å². The maximum Gasteiger partial charge on any atom is 0.249 e. The molecule has 2 saturated carbocycles. The first-order valence-electron chi connectivity index (χ1n) is 8.38. The van der Waals surface area contributed by atoms with Crippen molar-refractivity contribution in [3.05, 3.63) is 35.6 Å². The molecule has 134 valence electrons. The van der Waals surface area contributed by atoms with Crippen LogP contribution in [0, 0.1) is 16.6 Å². The van der Waals surface area contributed by atoms with Crippen molar-refractivity contribution in [3.63, 3.8) is 0 Å². The first-order valence-corrected chi connectivity index (χ1v) is 8.38. The molecule has 0 amide bonds. The molecule has 0 heterocycles. The van der Waals surface area contributed by atoms with E-state index in [2.05, 4.69) is 5.32 Å². The molecule has 1 aromatic carbocycles. The average molecular weight is 343 g/mol. The van der Waals surface area contributed by atoms with Gasteiger partial charge in [-0.05, 0) is 42.4 Å². The van der Waals surface area contributed by atoms with Gasteiger partial charge in [0.15, 0.2) is 0 Å². The molecule has 0 aliphatic heterocycles. The first-order chi connectivity index (χ1) is 11.3. The highest BCUT2D eigenvalue weighted by atomic mass is 19.3. The van der Waals surface area contributed by atoms with Gasteiger partial charge in [-0.3, -0.25) is 0 Å². The van der Waals surface area contributed by atoms with Crippen molar-refractivity contribution in [1.82, 2.24) is 5.32 Å². The maximum absolute atomic E-state index is 13.1. The molecule has 2 aliphatic carbocycles. The fourth-order valence-corrected chi connectivity index (χ4v) is 4.60. The third-order valence-corrected chi connectivity index (χ3v) is 5.37. The van der Waals surface area contributed by atoms with Crippen LogP contribution >= 0.6 is 0 Å². The summed E-state index contributed by atoms with van der Waals surface area (Å²) in [5.41, 5.74) is 0.231. The van der Waals surface area contributed by atoms with Gasteiger partial charge in [0.25, 0.3) is 0 Å². The van der Waals surface area contributed by atoms with E-state index in [1.807, 2.05) is 0 Å². The molecular weight excluding hydrogens is 319 g/mol. The molecule has 0 saturated heterocycles. The molecule has 0 radical (unpaired) electrons. The average Bonchev–Trinajstić information content (AvgIpc) is 2.45. The summed E-state index contributed by atoms with van der Waals surface area (Å²) in [5, 5.41) is 22.8. The maximum atomic E-state index is 13.1. The summed E-state index contributed by atoms with van der Waals surface area (Å²) in [4.78, 5) is 0. The highest BCUT2D eigenvalue weighted by molar-refractivity contribution is 5.17. The van der Waals surface area contributed by atoms with Gasteiger partial charge in [-0.2, -0.15) is 0 Å². The number of aliphatic hydroxyl groups is 2. The number of hydrogen-bond acceptors (Lipinski definition) is 3. The topological polar surface area (TPSA) is 52.5 Å². The van der Waals surface area contributed by atoms with E-state index in [0.29, 0.717) is 32.4 Å². The lowest BCUT2D eigenvalue weighted by Crippen LogP contribution is -2.62. The molecule has 1 spiro atoms. The molecule has 2 fully saturated rings. The fraction of sp³-hybridized carbons (Fsp3) is 0.667. The highest BCUT2D eigenvalue weighted by Gasteiger charge is 2.66. The van der Waals surface area contributed by atoms with Crippen molar-refractivity contribution in [3.8, 4) is 0 Å². The van der Waals surface area contributed by atoms with Crippen molar-refractivity contribution in [2.24, 2.45) is 10.8 Å². The molecule has 1 atom stereocenters. The van der Waals surface area contributed by atoms with E-state index in [1.165, 1.54) is 12.1 Å². The Hall–Kier alpha value is -1.11. The van der Waals surface area contributed by atoms with Crippen LogP contribution in [0.15, 0.2) is 24.3 Å². The number of benzene rings is 1. The third-order valence-electron chi connectivity index (χ3n) is 5.37. The summed E-state index contributed by atoms with van der Waals surface area (Å²) in [7, 11) is 0. The van der Waals surface area contributed by atoms with E-state index in [9.17, 15) is 23.4 Å². The van der Waals surface area contributed by atoms with Gasteiger partial charge in [-0.15, -0.1) is 0 Å². The molecule has 24 heavy (non-hydrogen) atoms. The Morgan fingerprint density at radius 3 is 2.25 bits per heavy atom. The molecular formula is C18H24F3NO2. The quantitative estimate of drug-likeness (QED) is 0.713. The Bertz CT molecular complexity index is 560. The SMILES string of the molecule is OCC1(CNCC(O)Cc2ccc(F)cc2)CC2(CC(F)(F)C2)C1. The minimum absolute atomic E-state index is 0.0264. The summed E-state index contributed by atoms with van der Waals surface area (Å²) in [6.45, 7) is 0.834. The first kappa shape index (κ1) is 17.7. The summed E-state index contributed by atoms with van der Waals surface area (Å²) >= 11 is 0. The predicted octanol–water partition coefficient (Wildman–Crippen LogP) is 2.51. The second-order valence-electron chi connectivity index (χ2n) is 7.84. The molecule has 0 bridgehead atoms. The smallest absolute Gasteiger partial charge is 0.249 e. The monoisotopic (exact) mass is 343 g/mol. The van der Waals surface area contributed by atoms with Crippen LogP contribution in [0.3, 0.4) is 0 Å². The molecule has 1 unspecified atom stereocenters. The Labute approximate surface area is 139 Å². The normalized spacial score (nSPS) is 24.2. The minimum atomic E-state index is -2.53. The number of alkyl halides is 2. The summed E-state index contributed by atoms with van der Waals surface area (Å²) in [6, 6.07) is 6.00. The molecule has 0 aromatic heterocycles. The van der Waals surface area contributed by atoms with E-state index >= 15 is 0 Å². The van der Waals surface area contributed by atoms with E-state index in [-0.39, 0.29) is 36.1 Å². The lowest BCUT2D eigenvalue weighted by molar-refractivity contribution is -0.236. The molecule has 1 aromatic rings. The number of nitrogens with one attached hydrogen (secondary N) is 1. The highest BCUT2D eigenvalue weighted by Crippen LogP contribution is 2.68. The largest absolute Gasteiger partial charge is 0.396 e. The van der Waals surface area contributed by atoms with Crippen LogP contribution in [0.25, 0.3) is 0 Å². The molecule has 6 heteroatoms. The van der Waals surface area contributed by atoms with Crippen LogP contribution in [0.5, 0.6) is 0 Å². The lowest BCUT2D eigenvalue weighted by Gasteiger charge is -2.63. The van der Waals surface area contributed by atoms with Gasteiger partial charge in [-0.1, -0.05) is 12.1 Å². The molecule has 3 nitrogen and oxygen atoms in total. The molecule has 2 aliphatic rings. The van der Waals surface area contributed by atoms with Gasteiger partial charge in [0.2, 0.25) is 5.92 Å². The van der Waals surface area contributed by atoms with Crippen molar-refractivity contribution >= 4 is 0 Å². The van der Waals surface area contributed by atoms with Gasteiger partial charge in [-0.25, -0.2) is 13.2 Å². The minimum Gasteiger partial charge on any atom is -0.396 e. The number of hydrogen-bond donors (Lipinski definition) is 3. The van der Waals surface area contributed by atoms with Crippen LogP contribution in [0.1, 0.15) is 31.2 Å². The van der Waals surface area contributed by atoms with Crippen LogP contribution < -0.4 is 5.32 Å². The second kappa shape index (κ2) is 6.32. The van der Waals surface area contributed by atoms with Gasteiger partial charge in [0, 0.05) is 38.0 Å². The van der Waals surface area contributed by atoms with Crippen LogP contribution in [-0.4, -0.2) is 41.9 Å². The van der Waals surface area contributed by atoms with Gasteiger partial charge < -0.3 is 15.5 Å².